The number of rotatable bonds is 7. The van der Waals surface area contributed by atoms with E-state index in [4.69, 9.17) is 27.9 Å². The Morgan fingerprint density at radius 1 is 1.09 bits per heavy atom. The first-order valence-electron chi connectivity index (χ1n) is 11.2. The number of esters is 1. The summed E-state index contributed by atoms with van der Waals surface area (Å²) in [5.74, 6) is -0.667. The van der Waals surface area contributed by atoms with Gasteiger partial charge in [-0.1, -0.05) is 35.3 Å². The van der Waals surface area contributed by atoms with Crippen LogP contribution in [0.25, 0.3) is 0 Å². The molecule has 0 aromatic heterocycles. The highest BCUT2D eigenvalue weighted by molar-refractivity contribution is 7.89. The van der Waals surface area contributed by atoms with Gasteiger partial charge in [0.25, 0.3) is 0 Å². The third kappa shape index (κ3) is 4.96. The molecule has 0 spiro atoms. The summed E-state index contributed by atoms with van der Waals surface area (Å²) in [5.41, 5.74) is 0.972. The fourth-order valence-corrected chi connectivity index (χ4v) is 6.50. The van der Waals surface area contributed by atoms with Gasteiger partial charge in [0.15, 0.2) is 0 Å². The molecule has 182 valence electrons. The number of halogens is 2. The van der Waals surface area contributed by atoms with Crippen LogP contribution in [0, 0.1) is 5.92 Å². The fraction of sp³-hybridized carbons (Fsp3) is 0.417. The van der Waals surface area contributed by atoms with E-state index in [1.54, 1.807) is 19.1 Å². The monoisotopic (exact) mass is 524 g/mol. The summed E-state index contributed by atoms with van der Waals surface area (Å²) in [5, 5.41) is 3.31. The predicted octanol–water partition coefficient (Wildman–Crippen LogP) is 4.63. The molecule has 1 amide bonds. The SMILES string of the molecule is CCOC(=O)C1(c2ccc(NC(=O)C3CCN(S(=O)(=O)c4cc(Cl)ccc4Cl)CC3)cc2)CC1. The van der Waals surface area contributed by atoms with Gasteiger partial charge in [-0.05, 0) is 68.5 Å². The van der Waals surface area contributed by atoms with Crippen molar-refractivity contribution in [2.45, 2.75) is 42.9 Å². The molecule has 2 fully saturated rings. The van der Waals surface area contributed by atoms with Crippen LogP contribution in [0.5, 0.6) is 0 Å². The molecule has 2 aliphatic rings. The summed E-state index contributed by atoms with van der Waals surface area (Å²) in [7, 11) is -3.80. The first-order chi connectivity index (χ1) is 16.2. The number of carbonyl (C=O) groups is 2. The Morgan fingerprint density at radius 3 is 2.32 bits per heavy atom. The van der Waals surface area contributed by atoms with E-state index in [0.29, 0.717) is 25.1 Å². The molecule has 34 heavy (non-hydrogen) atoms. The molecule has 2 aromatic rings. The smallest absolute Gasteiger partial charge is 0.316 e. The number of nitrogens with zero attached hydrogens (tertiary/aromatic N) is 1. The Bertz CT molecular complexity index is 1190. The minimum atomic E-state index is -3.80. The minimum absolute atomic E-state index is 0.0269. The highest BCUT2D eigenvalue weighted by Crippen LogP contribution is 2.49. The molecular weight excluding hydrogens is 499 g/mol. The van der Waals surface area contributed by atoms with Crippen molar-refractivity contribution in [2.24, 2.45) is 5.92 Å². The molecule has 7 nitrogen and oxygen atoms in total. The summed E-state index contributed by atoms with van der Waals surface area (Å²) in [6.07, 6.45) is 2.32. The van der Waals surface area contributed by atoms with Crippen molar-refractivity contribution in [1.82, 2.24) is 4.31 Å². The quantitative estimate of drug-likeness (QED) is 0.533. The van der Waals surface area contributed by atoms with Crippen LogP contribution < -0.4 is 5.32 Å². The zero-order valence-corrected chi connectivity index (χ0v) is 21.0. The predicted molar refractivity (Wildman–Crippen MR) is 131 cm³/mol. The van der Waals surface area contributed by atoms with Gasteiger partial charge < -0.3 is 10.1 Å². The molecule has 1 aliphatic carbocycles. The lowest BCUT2D eigenvalue weighted by molar-refractivity contribution is -0.146. The van der Waals surface area contributed by atoms with Gasteiger partial charge in [0.2, 0.25) is 15.9 Å². The molecule has 1 saturated heterocycles. The number of hydrogen-bond acceptors (Lipinski definition) is 5. The average molecular weight is 525 g/mol. The first kappa shape index (κ1) is 25.0. The number of carbonyl (C=O) groups excluding carboxylic acids is 2. The van der Waals surface area contributed by atoms with Gasteiger partial charge >= 0.3 is 5.97 Å². The molecule has 1 aliphatic heterocycles. The summed E-state index contributed by atoms with van der Waals surface area (Å²) in [6, 6.07) is 11.6. The van der Waals surface area contributed by atoms with Crippen LogP contribution in [-0.2, 0) is 29.8 Å². The fourth-order valence-electron chi connectivity index (χ4n) is 4.29. The largest absolute Gasteiger partial charge is 0.465 e. The normalized spacial score (nSPS) is 18.3. The van der Waals surface area contributed by atoms with Crippen molar-refractivity contribution in [3.63, 3.8) is 0 Å². The number of amides is 1. The molecule has 1 saturated carbocycles. The molecule has 1 N–H and O–H groups in total. The molecule has 4 rings (SSSR count). The van der Waals surface area contributed by atoms with Gasteiger partial charge in [-0.25, -0.2) is 8.42 Å². The van der Waals surface area contributed by atoms with Crippen molar-refractivity contribution in [3.05, 3.63) is 58.1 Å². The van der Waals surface area contributed by atoms with Gasteiger partial charge in [0.05, 0.1) is 17.0 Å². The third-order valence-electron chi connectivity index (χ3n) is 6.46. The molecular formula is C24H26Cl2N2O5S. The average Bonchev–Trinajstić information content (AvgIpc) is 3.63. The Kier molecular flexibility index (Phi) is 7.24. The Balaban J connectivity index is 1.35. The van der Waals surface area contributed by atoms with E-state index in [1.807, 2.05) is 12.1 Å². The van der Waals surface area contributed by atoms with Crippen LogP contribution in [0.15, 0.2) is 47.4 Å². The highest BCUT2D eigenvalue weighted by Gasteiger charge is 2.52. The van der Waals surface area contributed by atoms with Crippen LogP contribution in [0.3, 0.4) is 0 Å². The summed E-state index contributed by atoms with van der Waals surface area (Å²) < 4.78 is 32.5. The van der Waals surface area contributed by atoms with Crippen molar-refractivity contribution in [1.29, 1.82) is 0 Å². The van der Waals surface area contributed by atoms with Crippen LogP contribution in [-0.4, -0.2) is 44.3 Å². The molecule has 0 atom stereocenters. The van der Waals surface area contributed by atoms with E-state index in [1.165, 1.54) is 22.5 Å². The minimum Gasteiger partial charge on any atom is -0.465 e. The molecule has 10 heteroatoms. The van der Waals surface area contributed by atoms with Crippen LogP contribution in [0.4, 0.5) is 5.69 Å². The zero-order chi connectivity index (χ0) is 24.5. The molecule has 1 heterocycles. The number of ether oxygens (including phenoxy) is 1. The van der Waals surface area contributed by atoms with Crippen molar-refractivity contribution < 1.29 is 22.7 Å². The van der Waals surface area contributed by atoms with E-state index in [2.05, 4.69) is 5.32 Å². The van der Waals surface area contributed by atoms with Crippen LogP contribution in [0.1, 0.15) is 38.2 Å². The molecule has 0 bridgehead atoms. The van der Waals surface area contributed by atoms with Gasteiger partial charge in [-0.2, -0.15) is 4.31 Å². The van der Waals surface area contributed by atoms with Crippen molar-refractivity contribution >= 4 is 50.8 Å². The standard InChI is InChI=1S/C24H26Cl2N2O5S/c1-2-33-23(30)24(11-12-24)17-3-6-19(7-4-17)27-22(29)16-9-13-28(14-10-16)34(31,32)21-15-18(25)5-8-20(21)26/h3-8,15-16H,2,9-14H2,1H3,(H,27,29). The summed E-state index contributed by atoms with van der Waals surface area (Å²) in [4.78, 5) is 25.0. The first-order valence-corrected chi connectivity index (χ1v) is 13.4. The lowest BCUT2D eigenvalue weighted by Gasteiger charge is -2.30. The topological polar surface area (TPSA) is 92.8 Å². The number of benzene rings is 2. The zero-order valence-electron chi connectivity index (χ0n) is 18.7. The maximum Gasteiger partial charge on any atom is 0.316 e. The summed E-state index contributed by atoms with van der Waals surface area (Å²) >= 11 is 12.0. The van der Waals surface area contributed by atoms with E-state index < -0.39 is 15.4 Å². The van der Waals surface area contributed by atoms with Crippen molar-refractivity contribution in [2.75, 3.05) is 25.0 Å². The van der Waals surface area contributed by atoms with Crippen molar-refractivity contribution in [3.8, 4) is 0 Å². The molecule has 2 aromatic carbocycles. The van der Waals surface area contributed by atoms with E-state index in [0.717, 1.165) is 18.4 Å². The Labute approximate surface area is 209 Å². The number of anilines is 1. The highest BCUT2D eigenvalue weighted by atomic mass is 35.5. The van der Waals surface area contributed by atoms with Crippen LogP contribution in [0.2, 0.25) is 10.0 Å². The number of hydrogen-bond donors (Lipinski definition) is 1. The van der Waals surface area contributed by atoms with Gasteiger partial charge in [0.1, 0.15) is 4.90 Å². The third-order valence-corrected chi connectivity index (χ3v) is 9.07. The number of piperidine rings is 1. The maximum atomic E-state index is 13.0. The summed E-state index contributed by atoms with van der Waals surface area (Å²) in [6.45, 7) is 2.56. The van der Waals surface area contributed by atoms with E-state index in [9.17, 15) is 18.0 Å². The maximum absolute atomic E-state index is 13.0. The van der Waals surface area contributed by atoms with E-state index in [-0.39, 0.29) is 45.8 Å². The van der Waals surface area contributed by atoms with Crippen LogP contribution >= 0.6 is 23.2 Å². The second-order valence-corrected chi connectivity index (χ2v) is 11.4. The second kappa shape index (κ2) is 9.85. The Morgan fingerprint density at radius 2 is 1.74 bits per heavy atom. The number of sulfonamides is 1. The molecule has 0 unspecified atom stereocenters. The van der Waals surface area contributed by atoms with Gasteiger partial charge in [-0.15, -0.1) is 0 Å². The number of nitrogens with one attached hydrogen (secondary N) is 1. The Hall–Kier alpha value is -2.13. The van der Waals surface area contributed by atoms with E-state index >= 15 is 0 Å². The lowest BCUT2D eigenvalue weighted by atomic mass is 9.95. The van der Waals surface area contributed by atoms with Gasteiger partial charge in [0, 0.05) is 29.7 Å². The van der Waals surface area contributed by atoms with Gasteiger partial charge in [-0.3, -0.25) is 9.59 Å². The lowest BCUT2D eigenvalue weighted by Crippen LogP contribution is -2.41. The second-order valence-electron chi connectivity index (χ2n) is 8.62. The molecule has 0 radical (unpaired) electrons.